The molecule has 1 rings (SSSR count). The van der Waals surface area contributed by atoms with Crippen molar-refractivity contribution in [2.45, 2.75) is 12.8 Å². The molecule has 0 radical (unpaired) electrons. The van der Waals surface area contributed by atoms with E-state index in [1.165, 1.54) is 0 Å². The zero-order valence-electron chi connectivity index (χ0n) is 11.4. The normalized spacial score (nSPS) is 10.1. The first-order valence-electron chi connectivity index (χ1n) is 5.69. The minimum Gasteiger partial charge on any atom is -0.369 e. The Morgan fingerprint density at radius 2 is 1.96 bits per heavy atom. The Labute approximate surface area is 149 Å². The molecule has 0 heterocycles. The van der Waals surface area contributed by atoms with Crippen molar-refractivity contribution >= 4 is 50.8 Å². The van der Waals surface area contributed by atoms with Crippen LogP contribution in [0.4, 0.5) is 0 Å². The van der Waals surface area contributed by atoms with E-state index in [-0.39, 0.29) is 11.7 Å². The minimum absolute atomic E-state index is 0.194. The molecule has 0 saturated carbocycles. The van der Waals surface area contributed by atoms with Gasteiger partial charge in [0.1, 0.15) is 11.8 Å². The molecule has 0 aromatic heterocycles. The Balaban J connectivity index is 0.00000108. The van der Waals surface area contributed by atoms with Crippen molar-refractivity contribution in [2.75, 3.05) is 0 Å². The highest BCUT2D eigenvalue weighted by atomic mass is 79.9. The lowest BCUT2D eigenvalue weighted by atomic mass is 10.1. The summed E-state index contributed by atoms with van der Waals surface area (Å²) in [6.07, 6.45) is 0.905. The van der Waals surface area contributed by atoms with Gasteiger partial charge in [-0.2, -0.15) is 5.26 Å². The molecule has 0 unspecified atom stereocenters. The van der Waals surface area contributed by atoms with E-state index in [1.54, 1.807) is 12.1 Å². The van der Waals surface area contributed by atoms with Crippen LogP contribution < -0.4 is 11.5 Å². The number of hydrogen-bond donors (Lipinski definition) is 3. The Hall–Kier alpha value is -2.09. The van der Waals surface area contributed by atoms with Gasteiger partial charge in [0.15, 0.2) is 0 Å². The first kappa shape index (κ1) is 20.9. The van der Waals surface area contributed by atoms with E-state index < -0.39 is 5.09 Å². The number of aryl methyl sites for hydroxylation is 1. The number of halogens is 3. The summed E-state index contributed by atoms with van der Waals surface area (Å²) in [5, 5.41) is 30.7. The Bertz CT molecular complexity index is 666. The molecule has 0 fully saturated rings. The molecular weight excluding hydrogens is 415 g/mol. The van der Waals surface area contributed by atoms with Gasteiger partial charge in [0, 0.05) is 15.9 Å². The van der Waals surface area contributed by atoms with Crippen LogP contribution in [0.1, 0.15) is 12.0 Å². The van der Waals surface area contributed by atoms with Gasteiger partial charge < -0.3 is 16.7 Å². The average molecular weight is 426 g/mol. The second kappa shape index (κ2) is 10.6. The van der Waals surface area contributed by atoms with Crippen LogP contribution in [0.2, 0.25) is 10.0 Å². The van der Waals surface area contributed by atoms with Crippen LogP contribution >= 0.6 is 39.1 Å². The van der Waals surface area contributed by atoms with Gasteiger partial charge in [-0.15, -0.1) is 20.3 Å². The van der Waals surface area contributed by atoms with Gasteiger partial charge in [-0.05, 0) is 40.0 Å². The number of nitrogens with zero attached hydrogens (tertiary/aromatic N) is 4. The summed E-state index contributed by atoms with van der Waals surface area (Å²) in [7, 11) is 0. The minimum atomic E-state index is -1.50. The zero-order valence-corrected chi connectivity index (χ0v) is 14.5. The van der Waals surface area contributed by atoms with E-state index >= 15 is 0 Å². The summed E-state index contributed by atoms with van der Waals surface area (Å²) in [6.45, 7) is 0. The fourth-order valence-corrected chi connectivity index (χ4v) is 2.12. The van der Waals surface area contributed by atoms with Crippen LogP contribution in [0.5, 0.6) is 0 Å². The topological polar surface area (TPSA) is 164 Å². The summed E-state index contributed by atoms with van der Waals surface area (Å²) in [6, 6.07) is 5.37. The van der Waals surface area contributed by atoms with Crippen molar-refractivity contribution in [3.05, 3.63) is 42.3 Å². The van der Waals surface area contributed by atoms with Gasteiger partial charge in [-0.25, -0.2) is 0 Å². The fourth-order valence-electron chi connectivity index (χ4n) is 1.25. The van der Waals surface area contributed by atoms with Gasteiger partial charge in [-0.1, -0.05) is 23.2 Å². The Morgan fingerprint density at radius 3 is 2.43 bits per heavy atom. The van der Waals surface area contributed by atoms with Crippen LogP contribution in [-0.2, 0) is 6.42 Å². The van der Waals surface area contributed by atoms with Gasteiger partial charge >= 0.3 is 0 Å². The molecule has 0 bridgehead atoms. The van der Waals surface area contributed by atoms with Gasteiger partial charge in [0.2, 0.25) is 5.96 Å². The SMILES string of the molecule is N#C/C(CCc1cc(Br)c(Cl)cc1Cl)=N\N=C(N)N.O=[N+]([O-])O. The third-order valence-corrected chi connectivity index (χ3v) is 3.68. The molecule has 0 aliphatic rings. The van der Waals surface area contributed by atoms with Crippen LogP contribution in [0.3, 0.4) is 0 Å². The first-order chi connectivity index (χ1) is 10.7. The number of benzene rings is 1. The molecule has 0 atom stereocenters. The van der Waals surface area contributed by atoms with E-state index in [4.69, 9.17) is 55.3 Å². The van der Waals surface area contributed by atoms with Crippen molar-refractivity contribution in [1.82, 2.24) is 0 Å². The molecule has 12 heteroatoms. The molecular formula is C11H11BrCl2N6O3. The molecule has 9 nitrogen and oxygen atoms in total. The highest BCUT2D eigenvalue weighted by Crippen LogP contribution is 2.29. The van der Waals surface area contributed by atoms with Crippen LogP contribution in [0.15, 0.2) is 26.8 Å². The molecule has 0 amide bonds. The second-order valence-electron chi connectivity index (χ2n) is 3.78. The molecule has 5 N–H and O–H groups in total. The summed E-state index contributed by atoms with van der Waals surface area (Å²) in [5.41, 5.74) is 11.3. The maximum absolute atomic E-state index is 8.89. The van der Waals surface area contributed by atoms with Crippen LogP contribution in [-0.4, -0.2) is 22.0 Å². The standard InChI is InChI=1S/C11H10BrCl2N5.HNO3/c12-8-3-6(9(13)4-10(8)14)1-2-7(5-15)18-19-11(16)17;2-1(3)4/h3-4H,1-2H2,(H4,16,17,19);(H,2,3,4)/b18-7-;. The number of nitriles is 1. The lowest BCUT2D eigenvalue weighted by molar-refractivity contribution is -0.742. The van der Waals surface area contributed by atoms with Crippen molar-refractivity contribution < 1.29 is 10.3 Å². The predicted molar refractivity (Wildman–Crippen MR) is 90.1 cm³/mol. The third kappa shape index (κ3) is 9.51. The summed E-state index contributed by atoms with van der Waals surface area (Å²) in [4.78, 5) is 8.36. The summed E-state index contributed by atoms with van der Waals surface area (Å²) >= 11 is 15.3. The Kier molecular flexibility index (Phi) is 9.64. The molecule has 0 saturated heterocycles. The molecule has 0 aliphatic heterocycles. The first-order valence-corrected chi connectivity index (χ1v) is 7.24. The van der Waals surface area contributed by atoms with E-state index in [0.717, 1.165) is 10.0 Å². The van der Waals surface area contributed by atoms with Crippen molar-refractivity contribution in [2.24, 2.45) is 21.7 Å². The number of guanidine groups is 1. The molecule has 0 spiro atoms. The molecule has 1 aromatic carbocycles. The molecule has 124 valence electrons. The van der Waals surface area contributed by atoms with Crippen molar-refractivity contribution in [3.8, 4) is 6.07 Å². The average Bonchev–Trinajstić information content (AvgIpc) is 2.43. The maximum atomic E-state index is 8.89. The Morgan fingerprint density at radius 1 is 1.39 bits per heavy atom. The third-order valence-electron chi connectivity index (χ3n) is 2.14. The highest BCUT2D eigenvalue weighted by molar-refractivity contribution is 9.10. The predicted octanol–water partition coefficient (Wildman–Crippen LogP) is 2.49. The van der Waals surface area contributed by atoms with Crippen molar-refractivity contribution in [3.63, 3.8) is 0 Å². The highest BCUT2D eigenvalue weighted by Gasteiger charge is 2.07. The van der Waals surface area contributed by atoms with Gasteiger partial charge in [0.25, 0.3) is 5.09 Å². The fraction of sp³-hybridized carbons (Fsp3) is 0.182. The lowest BCUT2D eigenvalue weighted by Crippen LogP contribution is -2.22. The molecule has 1 aromatic rings. The quantitative estimate of drug-likeness (QED) is 0.220. The maximum Gasteiger partial charge on any atom is 0.291 e. The summed E-state index contributed by atoms with van der Waals surface area (Å²) in [5.74, 6) is -0.194. The number of nitrogens with two attached hydrogens (primary N) is 2. The van der Waals surface area contributed by atoms with E-state index in [0.29, 0.717) is 22.9 Å². The monoisotopic (exact) mass is 424 g/mol. The van der Waals surface area contributed by atoms with E-state index in [9.17, 15) is 0 Å². The molecule has 23 heavy (non-hydrogen) atoms. The van der Waals surface area contributed by atoms with Gasteiger partial charge in [-0.3, -0.25) is 0 Å². The van der Waals surface area contributed by atoms with Crippen LogP contribution in [0, 0.1) is 21.4 Å². The number of rotatable bonds is 4. The van der Waals surface area contributed by atoms with E-state index in [2.05, 4.69) is 26.1 Å². The van der Waals surface area contributed by atoms with Crippen molar-refractivity contribution in [1.29, 1.82) is 5.26 Å². The largest absolute Gasteiger partial charge is 0.369 e. The van der Waals surface area contributed by atoms with Crippen LogP contribution in [0.25, 0.3) is 0 Å². The number of hydrogen-bond acceptors (Lipinski definition) is 5. The zero-order chi connectivity index (χ0) is 18.0. The summed E-state index contributed by atoms with van der Waals surface area (Å²) < 4.78 is 0.744. The molecule has 0 aliphatic carbocycles. The smallest absolute Gasteiger partial charge is 0.291 e. The lowest BCUT2D eigenvalue weighted by Gasteiger charge is -2.05. The van der Waals surface area contributed by atoms with Gasteiger partial charge in [0.05, 0.1) is 5.02 Å². The van der Waals surface area contributed by atoms with E-state index in [1.807, 2.05) is 6.07 Å². The second-order valence-corrected chi connectivity index (χ2v) is 5.45.